The molecule has 6 nitrogen and oxygen atoms in total. The molecule has 0 saturated heterocycles. The van der Waals surface area contributed by atoms with Crippen molar-refractivity contribution < 1.29 is 32.4 Å². The van der Waals surface area contributed by atoms with Crippen molar-refractivity contribution in [3.63, 3.8) is 0 Å². The fourth-order valence-electron chi connectivity index (χ4n) is 1.41. The number of rotatable bonds is 5. The molecule has 9 heteroatoms. The van der Waals surface area contributed by atoms with Crippen LogP contribution >= 0.6 is 0 Å². The molecule has 0 heterocycles. The van der Waals surface area contributed by atoms with Crippen LogP contribution in [0.15, 0.2) is 18.2 Å². The Hall–Kier alpha value is -2.32. The van der Waals surface area contributed by atoms with E-state index < -0.39 is 28.7 Å². The van der Waals surface area contributed by atoms with Gasteiger partial charge in [0.15, 0.2) is 0 Å². The maximum absolute atomic E-state index is 12.1. The van der Waals surface area contributed by atoms with Crippen LogP contribution in [0.5, 0.6) is 5.75 Å². The van der Waals surface area contributed by atoms with E-state index in [1.54, 1.807) is 6.92 Å². The van der Waals surface area contributed by atoms with Gasteiger partial charge < -0.3 is 9.47 Å². The number of alkyl halides is 3. The maximum Gasteiger partial charge on any atom is 0.573 e. The number of carbonyl (C=O) groups is 1. The van der Waals surface area contributed by atoms with E-state index in [0.717, 1.165) is 18.2 Å². The highest BCUT2D eigenvalue weighted by atomic mass is 19.4. The standard InChI is InChI=1S/C11H10F3NO5/c1-2-19-10(16)6-7-3-4-9(20-11(12,13)14)8(5-7)15(17)18/h3-5H,2,6H2,1H3. The zero-order chi connectivity index (χ0) is 15.3. The summed E-state index contributed by atoms with van der Waals surface area (Å²) >= 11 is 0. The Morgan fingerprint density at radius 3 is 2.55 bits per heavy atom. The van der Waals surface area contributed by atoms with Gasteiger partial charge in [0, 0.05) is 6.07 Å². The lowest BCUT2D eigenvalue weighted by Crippen LogP contribution is -2.18. The van der Waals surface area contributed by atoms with Crippen LogP contribution in [0.2, 0.25) is 0 Å². The lowest BCUT2D eigenvalue weighted by molar-refractivity contribution is -0.388. The Morgan fingerprint density at radius 1 is 1.40 bits per heavy atom. The molecule has 0 amide bonds. The summed E-state index contributed by atoms with van der Waals surface area (Å²) in [5.41, 5.74) is -0.714. The second-order valence-electron chi connectivity index (χ2n) is 3.59. The summed E-state index contributed by atoms with van der Waals surface area (Å²) in [5, 5.41) is 10.7. The molecule has 0 radical (unpaired) electrons. The number of carbonyl (C=O) groups excluding carboxylic acids is 1. The first-order valence-corrected chi connectivity index (χ1v) is 5.41. The summed E-state index contributed by atoms with van der Waals surface area (Å²) in [5.74, 6) is -1.57. The molecular formula is C11H10F3NO5. The highest BCUT2D eigenvalue weighted by Gasteiger charge is 2.34. The van der Waals surface area contributed by atoms with Gasteiger partial charge in [-0.1, -0.05) is 6.07 Å². The van der Waals surface area contributed by atoms with Crippen molar-refractivity contribution >= 4 is 11.7 Å². The fraction of sp³-hybridized carbons (Fsp3) is 0.364. The third-order valence-corrected chi connectivity index (χ3v) is 2.10. The Balaban J connectivity index is 3.01. The van der Waals surface area contributed by atoms with Gasteiger partial charge in [0.1, 0.15) is 0 Å². The van der Waals surface area contributed by atoms with Crippen LogP contribution in [0.25, 0.3) is 0 Å². The van der Waals surface area contributed by atoms with E-state index >= 15 is 0 Å². The minimum atomic E-state index is -5.03. The minimum absolute atomic E-state index is 0.135. The van der Waals surface area contributed by atoms with Gasteiger partial charge in [-0.15, -0.1) is 13.2 Å². The Bertz CT molecular complexity index is 515. The normalized spacial score (nSPS) is 11.0. The molecule has 0 N–H and O–H groups in total. The molecule has 0 aliphatic heterocycles. The molecule has 0 aliphatic rings. The zero-order valence-electron chi connectivity index (χ0n) is 10.3. The number of nitrogens with zero attached hydrogens (tertiary/aromatic N) is 1. The number of ether oxygens (including phenoxy) is 2. The van der Waals surface area contributed by atoms with Crippen molar-refractivity contribution in [1.29, 1.82) is 0 Å². The van der Waals surface area contributed by atoms with Crippen LogP contribution < -0.4 is 4.74 Å². The first-order chi connectivity index (χ1) is 9.23. The van der Waals surface area contributed by atoms with E-state index in [1.165, 1.54) is 0 Å². The van der Waals surface area contributed by atoms with E-state index in [4.69, 9.17) is 0 Å². The maximum atomic E-state index is 12.1. The van der Waals surface area contributed by atoms with E-state index in [-0.39, 0.29) is 18.6 Å². The number of benzene rings is 1. The summed E-state index contributed by atoms with van der Waals surface area (Å²) in [4.78, 5) is 20.9. The quantitative estimate of drug-likeness (QED) is 0.473. The second kappa shape index (κ2) is 6.22. The predicted octanol–water partition coefficient (Wildman–Crippen LogP) is 2.60. The zero-order valence-corrected chi connectivity index (χ0v) is 10.3. The summed E-state index contributed by atoms with van der Waals surface area (Å²) in [7, 11) is 0. The van der Waals surface area contributed by atoms with Gasteiger partial charge in [-0.2, -0.15) is 0 Å². The third-order valence-electron chi connectivity index (χ3n) is 2.10. The number of hydrogen-bond acceptors (Lipinski definition) is 5. The topological polar surface area (TPSA) is 78.7 Å². The van der Waals surface area contributed by atoms with Crippen molar-refractivity contribution in [3.05, 3.63) is 33.9 Å². The van der Waals surface area contributed by atoms with Gasteiger partial charge in [0.25, 0.3) is 0 Å². The van der Waals surface area contributed by atoms with E-state index in [9.17, 15) is 28.1 Å². The molecule has 0 aromatic heterocycles. The Morgan fingerprint density at radius 2 is 2.05 bits per heavy atom. The summed E-state index contributed by atoms with van der Waals surface area (Å²) in [6.07, 6.45) is -5.31. The molecule has 0 bridgehead atoms. The van der Waals surface area contributed by atoms with Crippen molar-refractivity contribution in [1.82, 2.24) is 0 Å². The van der Waals surface area contributed by atoms with E-state index in [0.29, 0.717) is 0 Å². The van der Waals surface area contributed by atoms with Crippen LogP contribution in [0.4, 0.5) is 18.9 Å². The van der Waals surface area contributed by atoms with Crippen molar-refractivity contribution in [2.24, 2.45) is 0 Å². The van der Waals surface area contributed by atoms with Gasteiger partial charge in [-0.05, 0) is 18.6 Å². The van der Waals surface area contributed by atoms with Gasteiger partial charge in [-0.3, -0.25) is 14.9 Å². The molecule has 20 heavy (non-hydrogen) atoms. The molecular weight excluding hydrogens is 283 g/mol. The smallest absolute Gasteiger partial charge is 0.466 e. The SMILES string of the molecule is CCOC(=O)Cc1ccc(OC(F)(F)F)c([N+](=O)[O-])c1. The van der Waals surface area contributed by atoms with E-state index in [1.807, 2.05) is 0 Å². The van der Waals surface area contributed by atoms with Gasteiger partial charge >= 0.3 is 18.0 Å². The number of nitro benzene ring substituents is 1. The van der Waals surface area contributed by atoms with Crippen LogP contribution in [0, 0.1) is 10.1 Å². The number of nitro groups is 1. The Labute approximate surface area is 111 Å². The van der Waals surface area contributed by atoms with Crippen molar-refractivity contribution in [2.75, 3.05) is 6.61 Å². The molecule has 0 spiro atoms. The fourth-order valence-corrected chi connectivity index (χ4v) is 1.41. The summed E-state index contributed by atoms with van der Waals surface area (Å²) in [6, 6.07) is 2.77. The van der Waals surface area contributed by atoms with Gasteiger partial charge in [0.05, 0.1) is 18.0 Å². The van der Waals surface area contributed by atoms with Crippen LogP contribution in [0.1, 0.15) is 12.5 Å². The highest BCUT2D eigenvalue weighted by Crippen LogP contribution is 2.32. The predicted molar refractivity (Wildman–Crippen MR) is 60.1 cm³/mol. The Kier molecular flexibility index (Phi) is 4.89. The monoisotopic (exact) mass is 293 g/mol. The summed E-state index contributed by atoms with van der Waals surface area (Å²) < 4.78 is 44.4. The van der Waals surface area contributed by atoms with Crippen LogP contribution in [-0.4, -0.2) is 23.9 Å². The molecule has 1 aromatic rings. The molecule has 0 saturated carbocycles. The lowest BCUT2D eigenvalue weighted by atomic mass is 10.1. The van der Waals surface area contributed by atoms with Gasteiger partial charge in [0.2, 0.25) is 5.75 Å². The first kappa shape index (κ1) is 15.7. The molecule has 110 valence electrons. The second-order valence-corrected chi connectivity index (χ2v) is 3.59. The molecule has 1 rings (SSSR count). The van der Waals surface area contributed by atoms with Crippen LogP contribution in [0.3, 0.4) is 0 Å². The minimum Gasteiger partial charge on any atom is -0.466 e. The average molecular weight is 293 g/mol. The highest BCUT2D eigenvalue weighted by molar-refractivity contribution is 5.73. The summed E-state index contributed by atoms with van der Waals surface area (Å²) in [6.45, 7) is 1.72. The average Bonchev–Trinajstić information content (AvgIpc) is 2.29. The molecule has 1 aromatic carbocycles. The number of esters is 1. The molecule has 0 unspecified atom stereocenters. The third kappa shape index (κ3) is 4.75. The lowest BCUT2D eigenvalue weighted by Gasteiger charge is -2.10. The molecule has 0 fully saturated rings. The largest absolute Gasteiger partial charge is 0.573 e. The van der Waals surface area contributed by atoms with Crippen molar-refractivity contribution in [3.8, 4) is 5.75 Å². The van der Waals surface area contributed by atoms with Gasteiger partial charge in [-0.25, -0.2) is 0 Å². The van der Waals surface area contributed by atoms with Crippen LogP contribution in [-0.2, 0) is 16.0 Å². The molecule has 0 atom stereocenters. The number of halogens is 3. The first-order valence-electron chi connectivity index (χ1n) is 5.41. The van der Waals surface area contributed by atoms with E-state index in [2.05, 4.69) is 9.47 Å². The number of hydrogen-bond donors (Lipinski definition) is 0. The van der Waals surface area contributed by atoms with Crippen molar-refractivity contribution in [2.45, 2.75) is 19.7 Å². The molecule has 0 aliphatic carbocycles.